The van der Waals surface area contributed by atoms with Crippen molar-refractivity contribution < 1.29 is 0 Å². The molecule has 2 N–H and O–H groups in total. The fourth-order valence-electron chi connectivity index (χ4n) is 2.54. The molecule has 2 rings (SSSR count). The van der Waals surface area contributed by atoms with Gasteiger partial charge in [-0.2, -0.15) is 0 Å². The zero-order valence-electron chi connectivity index (χ0n) is 11.2. The summed E-state index contributed by atoms with van der Waals surface area (Å²) in [4.78, 5) is 4.69. The molecule has 0 unspecified atom stereocenters. The van der Waals surface area contributed by atoms with E-state index < -0.39 is 0 Å². The first-order valence-corrected chi connectivity index (χ1v) is 6.89. The smallest absolute Gasteiger partial charge is 0.0642 e. The van der Waals surface area contributed by atoms with Gasteiger partial charge < -0.3 is 15.5 Å². The van der Waals surface area contributed by atoms with E-state index in [1.54, 1.807) is 0 Å². The molecule has 0 aliphatic carbocycles. The molecule has 1 aliphatic heterocycles. The van der Waals surface area contributed by atoms with Gasteiger partial charge in [-0.25, -0.2) is 0 Å². The molecule has 18 heavy (non-hydrogen) atoms. The molecule has 4 heteroatoms. The largest absolute Gasteiger partial charge is 0.370 e. The first kappa shape index (κ1) is 13.7. The van der Waals surface area contributed by atoms with Crippen LogP contribution in [0.4, 0.5) is 5.69 Å². The minimum Gasteiger partial charge on any atom is -0.370 e. The van der Waals surface area contributed by atoms with Crippen LogP contribution in [0, 0.1) is 0 Å². The Hall–Kier alpha value is -0.770. The van der Waals surface area contributed by atoms with E-state index in [2.05, 4.69) is 36.0 Å². The minimum absolute atomic E-state index is 0.540. The van der Waals surface area contributed by atoms with Gasteiger partial charge in [0.25, 0.3) is 0 Å². The van der Waals surface area contributed by atoms with Gasteiger partial charge in [-0.15, -0.1) is 0 Å². The van der Waals surface area contributed by atoms with Gasteiger partial charge in [0.15, 0.2) is 0 Å². The molecule has 1 aromatic carbocycles. The quantitative estimate of drug-likeness (QED) is 0.912. The maximum atomic E-state index is 6.34. The monoisotopic (exact) mass is 267 g/mol. The third-order valence-corrected chi connectivity index (χ3v) is 4.17. The Morgan fingerprint density at radius 2 is 2.06 bits per heavy atom. The number of likely N-dealkylation sites (tertiary alicyclic amines) is 1. The summed E-state index contributed by atoms with van der Waals surface area (Å²) in [6.45, 7) is 2.86. The topological polar surface area (TPSA) is 32.5 Å². The van der Waals surface area contributed by atoms with Crippen molar-refractivity contribution in [1.82, 2.24) is 4.90 Å². The van der Waals surface area contributed by atoms with Gasteiger partial charge in [0.1, 0.15) is 0 Å². The highest BCUT2D eigenvalue weighted by Crippen LogP contribution is 2.29. The molecule has 0 bridgehead atoms. The van der Waals surface area contributed by atoms with Gasteiger partial charge in [-0.05, 0) is 50.7 Å². The van der Waals surface area contributed by atoms with Crippen LogP contribution >= 0.6 is 11.6 Å². The predicted molar refractivity (Wildman–Crippen MR) is 78.3 cm³/mol. The normalized spacial score (nSPS) is 18.0. The van der Waals surface area contributed by atoms with E-state index >= 15 is 0 Å². The number of anilines is 1. The summed E-state index contributed by atoms with van der Waals surface area (Å²) in [6.07, 6.45) is 2.39. The van der Waals surface area contributed by atoms with Crippen molar-refractivity contribution >= 4 is 17.3 Å². The Morgan fingerprint density at radius 3 is 2.61 bits per heavy atom. The molecule has 100 valence electrons. The first-order chi connectivity index (χ1) is 8.61. The standard InChI is InChI=1S/C14H22ClN3/c1-17-7-5-12(6-8-17)18(2)14-4-3-11(10-16)9-13(14)15/h3-4,9,12H,5-8,10,16H2,1-2H3. The lowest BCUT2D eigenvalue weighted by Gasteiger charge is -2.36. The second-order valence-corrected chi connectivity index (χ2v) is 5.54. The zero-order valence-corrected chi connectivity index (χ0v) is 12.0. The van der Waals surface area contributed by atoms with Crippen LogP contribution in [0.5, 0.6) is 0 Å². The Bertz CT molecular complexity index is 400. The maximum Gasteiger partial charge on any atom is 0.0642 e. The Kier molecular flexibility index (Phi) is 4.49. The number of nitrogens with two attached hydrogens (primary N) is 1. The summed E-state index contributed by atoms with van der Waals surface area (Å²) in [5.41, 5.74) is 7.82. The summed E-state index contributed by atoms with van der Waals surface area (Å²) in [7, 11) is 4.32. The van der Waals surface area contributed by atoms with E-state index in [4.69, 9.17) is 17.3 Å². The Labute approximate surface area is 115 Å². The molecule has 0 atom stereocenters. The minimum atomic E-state index is 0.540. The van der Waals surface area contributed by atoms with Crippen LogP contribution in [0.1, 0.15) is 18.4 Å². The van der Waals surface area contributed by atoms with Gasteiger partial charge in [-0.3, -0.25) is 0 Å². The highest BCUT2D eigenvalue weighted by Gasteiger charge is 2.21. The van der Waals surface area contributed by atoms with Crippen molar-refractivity contribution in [2.75, 3.05) is 32.1 Å². The SMILES string of the molecule is CN1CCC(N(C)c2ccc(CN)cc2Cl)CC1. The fraction of sp³-hybridized carbons (Fsp3) is 0.571. The molecule has 1 fully saturated rings. The molecule has 1 aliphatic rings. The van der Waals surface area contributed by atoms with E-state index in [0.29, 0.717) is 12.6 Å². The molecule has 0 spiro atoms. The number of hydrogen-bond acceptors (Lipinski definition) is 3. The number of benzene rings is 1. The van der Waals surface area contributed by atoms with Crippen molar-refractivity contribution in [3.8, 4) is 0 Å². The van der Waals surface area contributed by atoms with E-state index in [1.807, 2.05) is 6.07 Å². The van der Waals surface area contributed by atoms with Crippen LogP contribution in [0.2, 0.25) is 5.02 Å². The van der Waals surface area contributed by atoms with E-state index in [0.717, 1.165) is 29.4 Å². The van der Waals surface area contributed by atoms with Gasteiger partial charge >= 0.3 is 0 Å². The highest BCUT2D eigenvalue weighted by atomic mass is 35.5. The number of rotatable bonds is 3. The lowest BCUT2D eigenvalue weighted by molar-refractivity contribution is 0.253. The van der Waals surface area contributed by atoms with Crippen LogP contribution < -0.4 is 10.6 Å². The van der Waals surface area contributed by atoms with Crippen LogP contribution in [-0.4, -0.2) is 38.1 Å². The highest BCUT2D eigenvalue weighted by molar-refractivity contribution is 6.33. The zero-order chi connectivity index (χ0) is 13.1. The summed E-state index contributed by atoms with van der Waals surface area (Å²) in [5, 5.41) is 0.805. The van der Waals surface area contributed by atoms with Crippen molar-refractivity contribution in [3.05, 3.63) is 28.8 Å². The first-order valence-electron chi connectivity index (χ1n) is 6.51. The fourth-order valence-corrected chi connectivity index (χ4v) is 2.88. The summed E-state index contributed by atoms with van der Waals surface area (Å²) >= 11 is 6.34. The van der Waals surface area contributed by atoms with E-state index in [1.165, 1.54) is 12.8 Å². The maximum absolute atomic E-state index is 6.34. The Balaban J connectivity index is 2.11. The molecule has 1 saturated heterocycles. The van der Waals surface area contributed by atoms with E-state index in [9.17, 15) is 0 Å². The third kappa shape index (κ3) is 2.97. The van der Waals surface area contributed by atoms with Crippen LogP contribution in [0.15, 0.2) is 18.2 Å². The summed E-state index contributed by atoms with van der Waals surface area (Å²) in [6, 6.07) is 6.71. The van der Waals surface area contributed by atoms with Crippen molar-refractivity contribution in [2.45, 2.75) is 25.4 Å². The lowest BCUT2D eigenvalue weighted by atomic mass is 10.0. The molecule has 0 aromatic heterocycles. The third-order valence-electron chi connectivity index (χ3n) is 3.86. The molecule has 0 saturated carbocycles. The second-order valence-electron chi connectivity index (χ2n) is 5.14. The number of halogens is 1. The Morgan fingerprint density at radius 1 is 1.39 bits per heavy atom. The second kappa shape index (κ2) is 5.91. The average Bonchev–Trinajstić information content (AvgIpc) is 2.38. The molecule has 3 nitrogen and oxygen atoms in total. The molecule has 0 radical (unpaired) electrons. The molecule has 1 aromatic rings. The molecular formula is C14H22ClN3. The van der Waals surface area contributed by atoms with Gasteiger partial charge in [-0.1, -0.05) is 17.7 Å². The summed E-state index contributed by atoms with van der Waals surface area (Å²) < 4.78 is 0. The van der Waals surface area contributed by atoms with Crippen LogP contribution in [-0.2, 0) is 6.54 Å². The molecule has 0 amide bonds. The van der Waals surface area contributed by atoms with Crippen LogP contribution in [0.25, 0.3) is 0 Å². The predicted octanol–water partition coefficient (Wildman–Crippen LogP) is 2.33. The van der Waals surface area contributed by atoms with Gasteiger partial charge in [0, 0.05) is 19.6 Å². The van der Waals surface area contributed by atoms with Gasteiger partial charge in [0.05, 0.1) is 10.7 Å². The van der Waals surface area contributed by atoms with Crippen molar-refractivity contribution in [1.29, 1.82) is 0 Å². The number of hydrogen-bond donors (Lipinski definition) is 1. The summed E-state index contributed by atoms with van der Waals surface area (Å²) in [5.74, 6) is 0. The number of nitrogens with zero attached hydrogens (tertiary/aromatic N) is 2. The van der Waals surface area contributed by atoms with Crippen molar-refractivity contribution in [2.24, 2.45) is 5.73 Å². The number of piperidine rings is 1. The average molecular weight is 268 g/mol. The van der Waals surface area contributed by atoms with Gasteiger partial charge in [0.2, 0.25) is 0 Å². The van der Waals surface area contributed by atoms with E-state index in [-0.39, 0.29) is 0 Å². The molecule has 1 heterocycles. The van der Waals surface area contributed by atoms with Crippen LogP contribution in [0.3, 0.4) is 0 Å². The van der Waals surface area contributed by atoms with Crippen molar-refractivity contribution in [3.63, 3.8) is 0 Å². The molecular weight excluding hydrogens is 246 g/mol. The lowest BCUT2D eigenvalue weighted by Crippen LogP contribution is -2.42.